The summed E-state index contributed by atoms with van der Waals surface area (Å²) < 4.78 is 18.7. The molecule has 0 bridgehead atoms. The van der Waals surface area contributed by atoms with Crippen LogP contribution in [0, 0.1) is 22.9 Å². The number of hydrogen-bond donors (Lipinski definition) is 1. The molecule has 0 aliphatic carbocycles. The van der Waals surface area contributed by atoms with Crippen LogP contribution in [0.3, 0.4) is 0 Å². The first-order valence-corrected chi connectivity index (χ1v) is 8.43. The van der Waals surface area contributed by atoms with E-state index in [0.29, 0.717) is 18.7 Å². The number of amides is 1. The standard InChI is InChI=1S/C19H22FN3O4/c1-4-22(11-14-6-8-18(27-3)15(20)10-14)12-19(24)21-16-7-5-13(2)9-17(16)23(25)26/h5-10H,4,11-12H2,1-3H3,(H,21,24). The Morgan fingerprint density at radius 2 is 2.04 bits per heavy atom. The maximum absolute atomic E-state index is 13.8. The fourth-order valence-electron chi connectivity index (χ4n) is 2.64. The van der Waals surface area contributed by atoms with Crippen LogP contribution in [0.1, 0.15) is 18.1 Å². The van der Waals surface area contributed by atoms with Gasteiger partial charge >= 0.3 is 0 Å². The number of rotatable bonds is 8. The molecule has 27 heavy (non-hydrogen) atoms. The Morgan fingerprint density at radius 1 is 1.30 bits per heavy atom. The van der Waals surface area contributed by atoms with Crippen molar-refractivity contribution in [3.63, 3.8) is 0 Å². The summed E-state index contributed by atoms with van der Waals surface area (Å²) in [5, 5.41) is 13.7. The topological polar surface area (TPSA) is 84.7 Å². The highest BCUT2D eigenvalue weighted by atomic mass is 19.1. The summed E-state index contributed by atoms with van der Waals surface area (Å²) in [6.45, 7) is 4.56. The first kappa shape index (κ1) is 20.3. The average Bonchev–Trinajstić information content (AvgIpc) is 2.62. The Labute approximate surface area is 156 Å². The number of anilines is 1. The van der Waals surface area contributed by atoms with Gasteiger partial charge in [-0.25, -0.2) is 4.39 Å². The number of carbonyl (C=O) groups is 1. The first-order valence-electron chi connectivity index (χ1n) is 8.43. The Hall–Kier alpha value is -3.00. The van der Waals surface area contributed by atoms with E-state index in [0.717, 1.165) is 5.56 Å². The minimum atomic E-state index is -0.527. The van der Waals surface area contributed by atoms with E-state index in [9.17, 15) is 19.3 Å². The van der Waals surface area contributed by atoms with Crippen LogP contribution in [0.25, 0.3) is 0 Å². The monoisotopic (exact) mass is 375 g/mol. The van der Waals surface area contributed by atoms with Crippen LogP contribution in [0.15, 0.2) is 36.4 Å². The number of ether oxygens (including phenoxy) is 1. The SMILES string of the molecule is CCN(CC(=O)Nc1ccc(C)cc1[N+](=O)[O-])Cc1ccc(OC)c(F)c1. The van der Waals surface area contributed by atoms with E-state index in [2.05, 4.69) is 5.32 Å². The van der Waals surface area contributed by atoms with Gasteiger partial charge in [0.25, 0.3) is 5.69 Å². The van der Waals surface area contributed by atoms with Gasteiger partial charge in [0.15, 0.2) is 11.6 Å². The highest BCUT2D eigenvalue weighted by molar-refractivity contribution is 5.94. The average molecular weight is 375 g/mol. The normalized spacial score (nSPS) is 10.7. The molecule has 1 amide bonds. The van der Waals surface area contributed by atoms with Gasteiger partial charge in [-0.05, 0) is 42.8 Å². The maximum Gasteiger partial charge on any atom is 0.293 e. The number of halogens is 1. The molecule has 1 N–H and O–H groups in total. The number of hydrogen-bond acceptors (Lipinski definition) is 5. The van der Waals surface area contributed by atoms with Crippen LogP contribution in [0.4, 0.5) is 15.8 Å². The van der Waals surface area contributed by atoms with Crippen molar-refractivity contribution in [3.05, 3.63) is 63.5 Å². The number of benzene rings is 2. The summed E-state index contributed by atoms with van der Waals surface area (Å²) in [5.74, 6) is -0.685. The molecular weight excluding hydrogens is 353 g/mol. The summed E-state index contributed by atoms with van der Waals surface area (Å²) >= 11 is 0. The summed E-state index contributed by atoms with van der Waals surface area (Å²) in [6, 6.07) is 9.25. The van der Waals surface area contributed by atoms with E-state index in [1.54, 1.807) is 24.0 Å². The third-order valence-corrected chi connectivity index (χ3v) is 4.06. The van der Waals surface area contributed by atoms with Gasteiger partial charge in [0, 0.05) is 12.6 Å². The number of nitrogens with zero attached hydrogens (tertiary/aromatic N) is 2. The number of nitrogens with one attached hydrogen (secondary N) is 1. The lowest BCUT2D eigenvalue weighted by atomic mass is 10.2. The lowest BCUT2D eigenvalue weighted by Crippen LogP contribution is -2.33. The minimum Gasteiger partial charge on any atom is -0.494 e. The number of methoxy groups -OCH3 is 1. The van der Waals surface area contributed by atoms with E-state index < -0.39 is 10.7 Å². The molecule has 0 atom stereocenters. The molecule has 0 spiro atoms. The third-order valence-electron chi connectivity index (χ3n) is 4.06. The van der Waals surface area contributed by atoms with Crippen LogP contribution in [-0.2, 0) is 11.3 Å². The molecule has 144 valence electrons. The summed E-state index contributed by atoms with van der Waals surface area (Å²) in [6.07, 6.45) is 0. The van der Waals surface area contributed by atoms with Crippen molar-refractivity contribution >= 4 is 17.3 Å². The minimum absolute atomic E-state index is 0.0230. The number of carbonyl (C=O) groups excluding carboxylic acids is 1. The molecule has 0 unspecified atom stereocenters. The quantitative estimate of drug-likeness (QED) is 0.564. The first-order chi connectivity index (χ1) is 12.8. The predicted molar refractivity (Wildman–Crippen MR) is 100 cm³/mol. The lowest BCUT2D eigenvalue weighted by Gasteiger charge is -2.20. The predicted octanol–water partition coefficient (Wildman–Crippen LogP) is 3.51. The zero-order valence-corrected chi connectivity index (χ0v) is 15.5. The van der Waals surface area contributed by atoms with Gasteiger partial charge in [0.2, 0.25) is 5.91 Å². The van der Waals surface area contributed by atoms with E-state index in [1.165, 1.54) is 31.4 Å². The molecule has 7 nitrogen and oxygen atoms in total. The molecule has 0 aliphatic rings. The van der Waals surface area contributed by atoms with Crippen LogP contribution in [-0.4, -0.2) is 35.9 Å². The molecule has 0 aromatic heterocycles. The van der Waals surface area contributed by atoms with Crippen molar-refractivity contribution in [2.75, 3.05) is 25.5 Å². The zero-order valence-electron chi connectivity index (χ0n) is 15.5. The van der Waals surface area contributed by atoms with Gasteiger partial charge < -0.3 is 10.1 Å². The molecular formula is C19H22FN3O4. The number of likely N-dealkylation sites (N-methyl/N-ethyl adjacent to an activating group) is 1. The number of nitro benzene ring substituents is 1. The van der Waals surface area contributed by atoms with Gasteiger partial charge in [0.05, 0.1) is 18.6 Å². The van der Waals surface area contributed by atoms with Crippen molar-refractivity contribution in [1.29, 1.82) is 0 Å². The van der Waals surface area contributed by atoms with Gasteiger partial charge in [0.1, 0.15) is 5.69 Å². The van der Waals surface area contributed by atoms with E-state index in [1.807, 2.05) is 6.92 Å². The summed E-state index contributed by atoms with van der Waals surface area (Å²) in [5.41, 5.74) is 1.44. The Bertz CT molecular complexity index is 842. The smallest absolute Gasteiger partial charge is 0.293 e. The van der Waals surface area contributed by atoms with E-state index >= 15 is 0 Å². The van der Waals surface area contributed by atoms with Crippen molar-refractivity contribution in [3.8, 4) is 5.75 Å². The van der Waals surface area contributed by atoms with E-state index in [4.69, 9.17) is 4.74 Å². The molecule has 2 aromatic rings. The maximum atomic E-state index is 13.8. The summed E-state index contributed by atoms with van der Waals surface area (Å²) in [7, 11) is 1.39. The van der Waals surface area contributed by atoms with Gasteiger partial charge in [-0.2, -0.15) is 0 Å². The second kappa shape index (κ2) is 9.09. The van der Waals surface area contributed by atoms with Gasteiger partial charge in [-0.15, -0.1) is 0 Å². The fourth-order valence-corrected chi connectivity index (χ4v) is 2.64. The summed E-state index contributed by atoms with van der Waals surface area (Å²) in [4.78, 5) is 24.8. The Kier molecular flexibility index (Phi) is 6.84. The van der Waals surface area contributed by atoms with Gasteiger partial charge in [-0.1, -0.05) is 19.1 Å². The third kappa shape index (κ3) is 5.49. The van der Waals surface area contributed by atoms with Crippen molar-refractivity contribution in [1.82, 2.24) is 4.90 Å². The van der Waals surface area contributed by atoms with Crippen LogP contribution in [0.5, 0.6) is 5.75 Å². The van der Waals surface area contributed by atoms with Gasteiger partial charge in [-0.3, -0.25) is 19.8 Å². The highest BCUT2D eigenvalue weighted by Crippen LogP contribution is 2.25. The molecule has 0 aliphatic heterocycles. The molecule has 0 saturated heterocycles. The second-order valence-electron chi connectivity index (χ2n) is 6.10. The molecule has 0 fully saturated rings. The molecule has 0 radical (unpaired) electrons. The Morgan fingerprint density at radius 3 is 2.63 bits per heavy atom. The zero-order chi connectivity index (χ0) is 20.0. The fraction of sp³-hybridized carbons (Fsp3) is 0.316. The molecule has 8 heteroatoms. The lowest BCUT2D eigenvalue weighted by molar-refractivity contribution is -0.384. The van der Waals surface area contributed by atoms with Crippen molar-refractivity contribution in [2.24, 2.45) is 0 Å². The number of aryl methyl sites for hydroxylation is 1. The highest BCUT2D eigenvalue weighted by Gasteiger charge is 2.17. The van der Waals surface area contributed by atoms with Crippen LogP contribution < -0.4 is 10.1 Å². The van der Waals surface area contributed by atoms with Crippen LogP contribution in [0.2, 0.25) is 0 Å². The second-order valence-corrected chi connectivity index (χ2v) is 6.10. The van der Waals surface area contributed by atoms with Crippen molar-refractivity contribution in [2.45, 2.75) is 20.4 Å². The van der Waals surface area contributed by atoms with Crippen LogP contribution >= 0.6 is 0 Å². The molecule has 0 saturated carbocycles. The Balaban J connectivity index is 2.05. The molecule has 0 heterocycles. The van der Waals surface area contributed by atoms with E-state index in [-0.39, 0.29) is 29.6 Å². The molecule has 2 aromatic carbocycles. The van der Waals surface area contributed by atoms with Crippen molar-refractivity contribution < 1.29 is 18.8 Å². The molecule has 2 rings (SSSR count). The largest absolute Gasteiger partial charge is 0.494 e. The number of nitro groups is 1.